The number of rotatable bonds is 4. The molecule has 0 aliphatic carbocycles. The quantitative estimate of drug-likeness (QED) is 0.631. The van der Waals surface area contributed by atoms with Crippen LogP contribution in [0.25, 0.3) is 0 Å². The van der Waals surface area contributed by atoms with Gasteiger partial charge in [0.15, 0.2) is 6.61 Å². The van der Waals surface area contributed by atoms with Gasteiger partial charge in [-0.05, 0) is 29.6 Å². The van der Waals surface area contributed by atoms with Crippen LogP contribution in [0.15, 0.2) is 35.7 Å². The molecule has 2 aromatic rings. The van der Waals surface area contributed by atoms with Crippen LogP contribution in [0.5, 0.6) is 0 Å². The van der Waals surface area contributed by atoms with E-state index in [1.807, 2.05) is 11.4 Å². The van der Waals surface area contributed by atoms with E-state index in [1.54, 1.807) is 15.9 Å². The van der Waals surface area contributed by atoms with Crippen LogP contribution < -0.4 is 5.73 Å². The van der Waals surface area contributed by atoms with Crippen molar-refractivity contribution in [3.63, 3.8) is 0 Å². The van der Waals surface area contributed by atoms with Crippen molar-refractivity contribution in [1.29, 1.82) is 0 Å². The highest BCUT2D eigenvalue weighted by Crippen LogP contribution is 2.16. The fourth-order valence-corrected chi connectivity index (χ4v) is 3.42. The van der Waals surface area contributed by atoms with E-state index in [2.05, 4.69) is 0 Å². The van der Waals surface area contributed by atoms with Crippen molar-refractivity contribution < 1.29 is 23.5 Å². The molecule has 7 nitrogen and oxygen atoms in total. The molecule has 2 N–H and O–H groups in total. The predicted octanol–water partition coefficient (Wildman–Crippen LogP) is 1.61. The van der Waals surface area contributed by atoms with Crippen molar-refractivity contribution in [2.24, 2.45) is 0 Å². The van der Waals surface area contributed by atoms with Gasteiger partial charge in [0.2, 0.25) is 0 Å². The molecule has 1 aliphatic rings. The van der Waals surface area contributed by atoms with Crippen LogP contribution in [-0.4, -0.2) is 60.4 Å². The number of piperazine rings is 1. The van der Waals surface area contributed by atoms with Gasteiger partial charge in [0.05, 0.1) is 10.4 Å². The normalized spacial score (nSPS) is 14.1. The summed E-state index contributed by atoms with van der Waals surface area (Å²) >= 11 is 1.38. The molecule has 0 bridgehead atoms. The summed E-state index contributed by atoms with van der Waals surface area (Å²) in [4.78, 5) is 40.4. The Morgan fingerprint density at radius 3 is 2.44 bits per heavy atom. The lowest BCUT2D eigenvalue weighted by Gasteiger charge is -2.34. The standard InChI is InChI=1S/C18H18FN3O4S/c19-12-3-4-13(14(20)10-12)18(25)26-11-16(23)21-5-7-22(8-6-21)17(24)15-2-1-9-27-15/h1-4,9-10H,5-8,11,20H2. The molecule has 27 heavy (non-hydrogen) atoms. The number of esters is 1. The fraction of sp³-hybridized carbons (Fsp3) is 0.278. The van der Waals surface area contributed by atoms with E-state index in [0.29, 0.717) is 31.1 Å². The number of ether oxygens (including phenoxy) is 1. The molecule has 1 saturated heterocycles. The maximum absolute atomic E-state index is 13.0. The molecule has 2 heterocycles. The van der Waals surface area contributed by atoms with Crippen molar-refractivity contribution in [2.45, 2.75) is 0 Å². The molecule has 0 saturated carbocycles. The highest BCUT2D eigenvalue weighted by Gasteiger charge is 2.26. The molecule has 1 aromatic heterocycles. The first-order valence-electron chi connectivity index (χ1n) is 8.28. The lowest BCUT2D eigenvalue weighted by atomic mass is 10.2. The van der Waals surface area contributed by atoms with Gasteiger partial charge >= 0.3 is 5.97 Å². The molecule has 1 fully saturated rings. The summed E-state index contributed by atoms with van der Waals surface area (Å²) in [6.07, 6.45) is 0. The lowest BCUT2D eigenvalue weighted by Crippen LogP contribution is -2.51. The monoisotopic (exact) mass is 391 g/mol. The number of carbonyl (C=O) groups is 3. The minimum Gasteiger partial charge on any atom is -0.452 e. The van der Waals surface area contributed by atoms with Gasteiger partial charge in [-0.2, -0.15) is 0 Å². The van der Waals surface area contributed by atoms with Gasteiger partial charge in [-0.3, -0.25) is 9.59 Å². The highest BCUT2D eigenvalue weighted by atomic mass is 32.1. The minimum atomic E-state index is -0.785. The van der Waals surface area contributed by atoms with Gasteiger partial charge in [0, 0.05) is 31.9 Å². The summed E-state index contributed by atoms with van der Waals surface area (Å²) in [5.74, 6) is -1.75. The number of halogens is 1. The maximum atomic E-state index is 13.0. The maximum Gasteiger partial charge on any atom is 0.340 e. The zero-order valence-corrected chi connectivity index (χ0v) is 15.2. The van der Waals surface area contributed by atoms with Gasteiger partial charge in [0.1, 0.15) is 5.82 Å². The molecule has 1 aliphatic heterocycles. The molecule has 2 amide bonds. The van der Waals surface area contributed by atoms with Crippen LogP contribution >= 0.6 is 11.3 Å². The van der Waals surface area contributed by atoms with Crippen LogP contribution in [-0.2, 0) is 9.53 Å². The van der Waals surface area contributed by atoms with E-state index >= 15 is 0 Å². The number of anilines is 1. The zero-order chi connectivity index (χ0) is 19.4. The Hall–Kier alpha value is -2.94. The summed E-state index contributed by atoms with van der Waals surface area (Å²) < 4.78 is 18.0. The SMILES string of the molecule is Nc1cc(F)ccc1C(=O)OCC(=O)N1CCN(C(=O)c2cccs2)CC1. The van der Waals surface area contributed by atoms with Gasteiger partial charge in [-0.1, -0.05) is 6.07 Å². The number of benzene rings is 1. The second kappa shape index (κ2) is 8.17. The van der Waals surface area contributed by atoms with Gasteiger partial charge in [-0.15, -0.1) is 11.3 Å². The molecule has 3 rings (SSSR count). The fourth-order valence-electron chi connectivity index (χ4n) is 2.73. The molecule has 9 heteroatoms. The Bertz CT molecular complexity index is 848. The van der Waals surface area contributed by atoms with Crippen molar-refractivity contribution in [1.82, 2.24) is 9.80 Å². The number of nitrogens with zero attached hydrogens (tertiary/aromatic N) is 2. The third-order valence-electron chi connectivity index (χ3n) is 4.21. The first kappa shape index (κ1) is 18.8. The van der Waals surface area contributed by atoms with E-state index in [1.165, 1.54) is 17.4 Å². The predicted molar refractivity (Wildman–Crippen MR) is 97.9 cm³/mol. The third kappa shape index (κ3) is 4.43. The minimum absolute atomic E-state index is 0.00978. The second-order valence-corrected chi connectivity index (χ2v) is 6.91. The van der Waals surface area contributed by atoms with E-state index in [0.717, 1.165) is 12.1 Å². The number of nitrogens with two attached hydrogens (primary N) is 1. The Kier molecular flexibility index (Phi) is 5.70. The second-order valence-electron chi connectivity index (χ2n) is 5.96. The molecule has 0 atom stereocenters. The first-order valence-corrected chi connectivity index (χ1v) is 9.16. The lowest BCUT2D eigenvalue weighted by molar-refractivity contribution is -0.136. The number of carbonyl (C=O) groups excluding carboxylic acids is 3. The Labute approximate surface area is 159 Å². The smallest absolute Gasteiger partial charge is 0.340 e. The zero-order valence-electron chi connectivity index (χ0n) is 14.4. The van der Waals surface area contributed by atoms with E-state index < -0.39 is 18.4 Å². The third-order valence-corrected chi connectivity index (χ3v) is 5.07. The molecule has 1 aromatic carbocycles. The number of thiophene rings is 1. The Morgan fingerprint density at radius 1 is 1.11 bits per heavy atom. The van der Waals surface area contributed by atoms with E-state index in [-0.39, 0.29) is 23.1 Å². The van der Waals surface area contributed by atoms with Crippen molar-refractivity contribution in [3.05, 3.63) is 52.0 Å². The number of hydrogen-bond donors (Lipinski definition) is 1. The Morgan fingerprint density at radius 2 is 1.81 bits per heavy atom. The van der Waals surface area contributed by atoms with Crippen LogP contribution in [0.2, 0.25) is 0 Å². The molecular weight excluding hydrogens is 373 g/mol. The largest absolute Gasteiger partial charge is 0.452 e. The summed E-state index contributed by atoms with van der Waals surface area (Å²) in [6.45, 7) is 1.13. The topological polar surface area (TPSA) is 92.9 Å². The number of amides is 2. The van der Waals surface area contributed by atoms with E-state index in [9.17, 15) is 18.8 Å². The van der Waals surface area contributed by atoms with Gasteiger partial charge in [0.25, 0.3) is 11.8 Å². The van der Waals surface area contributed by atoms with Crippen LogP contribution in [0, 0.1) is 5.82 Å². The average molecular weight is 391 g/mol. The van der Waals surface area contributed by atoms with Crippen LogP contribution in [0.1, 0.15) is 20.0 Å². The molecule has 0 radical (unpaired) electrons. The van der Waals surface area contributed by atoms with Crippen molar-refractivity contribution >= 4 is 34.8 Å². The summed E-state index contributed by atoms with van der Waals surface area (Å²) in [6, 6.07) is 6.91. The van der Waals surface area contributed by atoms with Gasteiger partial charge < -0.3 is 20.3 Å². The summed E-state index contributed by atoms with van der Waals surface area (Å²) in [5.41, 5.74) is 5.54. The number of hydrogen-bond acceptors (Lipinski definition) is 6. The van der Waals surface area contributed by atoms with Crippen molar-refractivity contribution in [2.75, 3.05) is 38.5 Å². The van der Waals surface area contributed by atoms with Gasteiger partial charge in [-0.25, -0.2) is 9.18 Å². The summed E-state index contributed by atoms with van der Waals surface area (Å²) in [7, 11) is 0. The number of nitrogen functional groups attached to an aromatic ring is 1. The summed E-state index contributed by atoms with van der Waals surface area (Å²) in [5, 5.41) is 1.84. The highest BCUT2D eigenvalue weighted by molar-refractivity contribution is 7.12. The van der Waals surface area contributed by atoms with Crippen molar-refractivity contribution in [3.8, 4) is 0 Å². The Balaban J connectivity index is 1.48. The molecule has 0 spiro atoms. The molecule has 142 valence electrons. The first-order chi connectivity index (χ1) is 13.0. The average Bonchev–Trinajstić information content (AvgIpc) is 3.20. The van der Waals surface area contributed by atoms with Crippen LogP contribution in [0.4, 0.5) is 10.1 Å². The van der Waals surface area contributed by atoms with Crippen LogP contribution in [0.3, 0.4) is 0 Å². The molecular formula is C18H18FN3O4S. The molecule has 0 unspecified atom stereocenters. The van der Waals surface area contributed by atoms with E-state index in [4.69, 9.17) is 10.5 Å².